The van der Waals surface area contributed by atoms with Crippen molar-refractivity contribution in [3.63, 3.8) is 0 Å². The first-order chi connectivity index (χ1) is 8.68. The second-order valence-electron chi connectivity index (χ2n) is 5.27. The largest absolute Gasteiger partial charge is 0.384 e. The van der Waals surface area contributed by atoms with Crippen molar-refractivity contribution in [1.82, 2.24) is 4.98 Å². The van der Waals surface area contributed by atoms with Gasteiger partial charge in [0.25, 0.3) is 0 Å². The molecular weight excluding hydrogens is 244 g/mol. The summed E-state index contributed by atoms with van der Waals surface area (Å²) in [6, 6.07) is 2.41. The molecule has 0 saturated heterocycles. The SMILES string of the molecule is Cc1csc(C(O)C2(C#N)CCCCCCC2)n1. The maximum atomic E-state index is 10.6. The summed E-state index contributed by atoms with van der Waals surface area (Å²) in [6.07, 6.45) is 6.55. The number of aliphatic hydroxyl groups is 1. The summed E-state index contributed by atoms with van der Waals surface area (Å²) in [5.74, 6) is 0. The molecule has 0 aliphatic heterocycles. The van der Waals surface area contributed by atoms with Crippen LogP contribution in [0.3, 0.4) is 0 Å². The quantitative estimate of drug-likeness (QED) is 0.885. The predicted molar refractivity (Wildman–Crippen MR) is 72.2 cm³/mol. The van der Waals surface area contributed by atoms with E-state index >= 15 is 0 Å². The summed E-state index contributed by atoms with van der Waals surface area (Å²) in [6.45, 7) is 1.92. The van der Waals surface area contributed by atoms with E-state index in [1.54, 1.807) is 0 Å². The normalized spacial score (nSPS) is 21.6. The summed E-state index contributed by atoms with van der Waals surface area (Å²) in [7, 11) is 0. The predicted octanol–water partition coefficient (Wildman–Crippen LogP) is 3.74. The van der Waals surface area contributed by atoms with Crippen LogP contribution in [0, 0.1) is 23.7 Å². The summed E-state index contributed by atoms with van der Waals surface area (Å²) in [5, 5.41) is 22.8. The molecule has 0 amide bonds. The number of nitrogens with zero attached hydrogens (tertiary/aromatic N) is 2. The monoisotopic (exact) mass is 264 g/mol. The van der Waals surface area contributed by atoms with Gasteiger partial charge in [-0.2, -0.15) is 5.26 Å². The van der Waals surface area contributed by atoms with Crippen LogP contribution in [-0.2, 0) is 0 Å². The van der Waals surface area contributed by atoms with Crippen molar-refractivity contribution in [2.45, 2.75) is 58.0 Å². The molecule has 3 nitrogen and oxygen atoms in total. The van der Waals surface area contributed by atoms with Crippen molar-refractivity contribution in [3.05, 3.63) is 16.1 Å². The Morgan fingerprint density at radius 1 is 1.33 bits per heavy atom. The maximum absolute atomic E-state index is 10.6. The summed E-state index contributed by atoms with van der Waals surface area (Å²) in [5.41, 5.74) is 0.304. The average Bonchev–Trinajstić information content (AvgIpc) is 2.76. The van der Waals surface area contributed by atoms with Crippen LogP contribution in [0.4, 0.5) is 0 Å². The van der Waals surface area contributed by atoms with Crippen LogP contribution in [0.5, 0.6) is 0 Å². The molecular formula is C14H20N2OS. The number of aliphatic hydroxyl groups excluding tert-OH is 1. The zero-order valence-corrected chi connectivity index (χ0v) is 11.7. The van der Waals surface area contributed by atoms with Crippen LogP contribution in [0.2, 0.25) is 0 Å². The Labute approximate surface area is 112 Å². The third-order valence-electron chi connectivity index (χ3n) is 3.86. The highest BCUT2D eigenvalue weighted by molar-refractivity contribution is 7.09. The highest BCUT2D eigenvalue weighted by Crippen LogP contribution is 2.44. The number of hydrogen-bond donors (Lipinski definition) is 1. The molecule has 1 unspecified atom stereocenters. The fraction of sp³-hybridized carbons (Fsp3) is 0.714. The summed E-state index contributed by atoms with van der Waals surface area (Å²) < 4.78 is 0. The number of rotatable bonds is 2. The lowest BCUT2D eigenvalue weighted by molar-refractivity contribution is 0.0432. The topological polar surface area (TPSA) is 56.9 Å². The zero-order valence-electron chi connectivity index (χ0n) is 10.9. The lowest BCUT2D eigenvalue weighted by atomic mass is 9.73. The van der Waals surface area contributed by atoms with E-state index in [0.717, 1.165) is 31.4 Å². The van der Waals surface area contributed by atoms with E-state index in [9.17, 15) is 10.4 Å². The Kier molecular flexibility index (Phi) is 4.36. The van der Waals surface area contributed by atoms with Crippen molar-refractivity contribution < 1.29 is 5.11 Å². The first-order valence-corrected chi connectivity index (χ1v) is 7.57. The highest BCUT2D eigenvalue weighted by Gasteiger charge is 2.40. The van der Waals surface area contributed by atoms with E-state index in [1.807, 2.05) is 12.3 Å². The molecule has 1 N–H and O–H groups in total. The number of thiazole rings is 1. The molecule has 18 heavy (non-hydrogen) atoms. The van der Waals surface area contributed by atoms with Gasteiger partial charge in [-0.15, -0.1) is 11.3 Å². The molecule has 1 aromatic rings. The van der Waals surface area contributed by atoms with Crippen LogP contribution >= 0.6 is 11.3 Å². The summed E-state index contributed by atoms with van der Waals surface area (Å²) >= 11 is 1.46. The molecule has 0 bridgehead atoms. The minimum atomic E-state index is -0.723. The minimum absolute atomic E-state index is 0.620. The van der Waals surface area contributed by atoms with Crippen LogP contribution in [0.15, 0.2) is 5.38 Å². The van der Waals surface area contributed by atoms with E-state index in [-0.39, 0.29) is 0 Å². The van der Waals surface area contributed by atoms with Crippen molar-refractivity contribution in [1.29, 1.82) is 5.26 Å². The van der Waals surface area contributed by atoms with Crippen molar-refractivity contribution in [2.75, 3.05) is 0 Å². The van der Waals surface area contributed by atoms with E-state index in [1.165, 1.54) is 30.6 Å². The molecule has 1 fully saturated rings. The molecule has 1 aromatic heterocycles. The van der Waals surface area contributed by atoms with Crippen LogP contribution in [-0.4, -0.2) is 10.1 Å². The van der Waals surface area contributed by atoms with E-state index in [4.69, 9.17) is 0 Å². The molecule has 0 spiro atoms. The molecule has 1 saturated carbocycles. The van der Waals surface area contributed by atoms with Crippen molar-refractivity contribution in [3.8, 4) is 6.07 Å². The minimum Gasteiger partial charge on any atom is -0.384 e. The average molecular weight is 264 g/mol. The van der Waals surface area contributed by atoms with Gasteiger partial charge in [0.2, 0.25) is 0 Å². The molecule has 0 aromatic carbocycles. The van der Waals surface area contributed by atoms with E-state index < -0.39 is 11.5 Å². The first-order valence-electron chi connectivity index (χ1n) is 6.69. The lowest BCUT2D eigenvalue weighted by Crippen LogP contribution is -2.28. The number of hydrogen-bond acceptors (Lipinski definition) is 4. The summed E-state index contributed by atoms with van der Waals surface area (Å²) in [4.78, 5) is 4.35. The second-order valence-corrected chi connectivity index (χ2v) is 6.16. The van der Waals surface area contributed by atoms with Gasteiger partial charge in [-0.3, -0.25) is 0 Å². The molecule has 4 heteroatoms. The number of nitriles is 1. The van der Waals surface area contributed by atoms with Gasteiger partial charge in [-0.1, -0.05) is 32.1 Å². The maximum Gasteiger partial charge on any atom is 0.124 e. The van der Waals surface area contributed by atoms with Crippen molar-refractivity contribution >= 4 is 11.3 Å². The van der Waals surface area contributed by atoms with Gasteiger partial charge in [0.1, 0.15) is 11.1 Å². The zero-order chi connectivity index (χ0) is 13.0. The Morgan fingerprint density at radius 2 is 1.94 bits per heavy atom. The van der Waals surface area contributed by atoms with Gasteiger partial charge < -0.3 is 5.11 Å². The fourth-order valence-corrected chi connectivity index (χ4v) is 3.61. The molecule has 98 valence electrons. The highest BCUT2D eigenvalue weighted by atomic mass is 32.1. The molecule has 1 atom stereocenters. The molecule has 2 rings (SSSR count). The number of aromatic nitrogens is 1. The number of aryl methyl sites for hydroxylation is 1. The van der Waals surface area contributed by atoms with Gasteiger partial charge in [-0.05, 0) is 19.8 Å². The van der Waals surface area contributed by atoms with Gasteiger partial charge in [0.05, 0.1) is 11.5 Å². The Morgan fingerprint density at radius 3 is 2.44 bits per heavy atom. The third kappa shape index (κ3) is 2.73. The molecule has 1 aliphatic carbocycles. The van der Waals surface area contributed by atoms with E-state index in [0.29, 0.717) is 5.01 Å². The molecule has 0 radical (unpaired) electrons. The molecule has 1 heterocycles. The fourth-order valence-electron chi connectivity index (χ4n) is 2.72. The van der Waals surface area contributed by atoms with Crippen molar-refractivity contribution in [2.24, 2.45) is 5.41 Å². The Bertz CT molecular complexity index is 427. The molecule has 1 aliphatic rings. The van der Waals surface area contributed by atoms with Gasteiger partial charge >= 0.3 is 0 Å². The van der Waals surface area contributed by atoms with Gasteiger partial charge in [0, 0.05) is 11.1 Å². The smallest absolute Gasteiger partial charge is 0.124 e. The standard InChI is InChI=1S/C14H20N2OS/c1-11-9-18-13(16-11)12(17)14(10-15)7-5-3-2-4-6-8-14/h9,12,17H,2-8H2,1H3. The Hall–Kier alpha value is -0.920. The van der Waals surface area contributed by atoms with Crippen LogP contribution < -0.4 is 0 Å². The van der Waals surface area contributed by atoms with Crippen LogP contribution in [0.25, 0.3) is 0 Å². The van der Waals surface area contributed by atoms with Gasteiger partial charge in [0.15, 0.2) is 0 Å². The van der Waals surface area contributed by atoms with Crippen LogP contribution in [0.1, 0.15) is 61.8 Å². The van der Waals surface area contributed by atoms with E-state index in [2.05, 4.69) is 11.1 Å². The van der Waals surface area contributed by atoms with Gasteiger partial charge in [-0.25, -0.2) is 4.98 Å². The third-order valence-corrected chi connectivity index (χ3v) is 4.88. The Balaban J connectivity index is 2.21. The second kappa shape index (κ2) is 5.81. The lowest BCUT2D eigenvalue weighted by Gasteiger charge is -2.32. The first kappa shape index (κ1) is 13.5.